The first-order valence-electron chi connectivity index (χ1n) is 22.0. The minimum Gasteiger partial charge on any atom is -0.502 e. The highest BCUT2D eigenvalue weighted by Gasteiger charge is 2.60. The number of hydrogen-bond donors (Lipinski definition) is 13. The van der Waals surface area contributed by atoms with Gasteiger partial charge in [-0.15, -0.1) is 0 Å². The van der Waals surface area contributed by atoms with E-state index in [1.807, 2.05) is 0 Å². The molecule has 26 heteroatoms. The van der Waals surface area contributed by atoms with Crippen molar-refractivity contribution in [1.82, 2.24) is 10.6 Å². The molecule has 0 spiro atoms. The van der Waals surface area contributed by atoms with Crippen molar-refractivity contribution in [1.29, 1.82) is 0 Å². The quantitative estimate of drug-likeness (QED) is 0.0327. The topological polar surface area (TPSA) is 398 Å². The van der Waals surface area contributed by atoms with Gasteiger partial charge in [0.2, 0.25) is 11.7 Å². The molecule has 26 nitrogen and oxygen atoms in total. The van der Waals surface area contributed by atoms with Crippen LogP contribution in [0.25, 0.3) is 0 Å². The lowest BCUT2D eigenvalue weighted by atomic mass is 9.88. The van der Waals surface area contributed by atoms with Gasteiger partial charge >= 0.3 is 11.9 Å². The first-order valence-corrected chi connectivity index (χ1v) is 22.0. The van der Waals surface area contributed by atoms with E-state index in [0.29, 0.717) is 25.7 Å². The van der Waals surface area contributed by atoms with Crippen LogP contribution in [0.2, 0.25) is 0 Å². The number of aliphatic carboxylic acids is 1. The molecule has 1 aromatic rings. The summed E-state index contributed by atoms with van der Waals surface area (Å²) in [5.41, 5.74) is -0.131. The van der Waals surface area contributed by atoms with Gasteiger partial charge in [-0.2, -0.15) is 0 Å². The number of rotatable bonds is 25. The minimum atomic E-state index is -3.10. The predicted octanol–water partition coefficient (Wildman–Crippen LogP) is -4.13. The molecule has 2 amide bonds. The highest BCUT2D eigenvalue weighted by atomic mass is 16.8. The van der Waals surface area contributed by atoms with Gasteiger partial charge in [0.25, 0.3) is 11.7 Å². The lowest BCUT2D eigenvalue weighted by Gasteiger charge is -2.51. The van der Waals surface area contributed by atoms with Crippen molar-refractivity contribution in [3.8, 4) is 17.2 Å². The molecule has 0 saturated carbocycles. The molecule has 68 heavy (non-hydrogen) atoms. The Bertz CT molecular complexity index is 1770. The van der Waals surface area contributed by atoms with E-state index < -0.39 is 147 Å². The van der Waals surface area contributed by atoms with E-state index in [9.17, 15) is 75.3 Å². The summed E-state index contributed by atoms with van der Waals surface area (Å²) in [5.74, 6) is -7.76. The van der Waals surface area contributed by atoms with Crippen molar-refractivity contribution in [2.75, 3.05) is 47.8 Å². The fourth-order valence-corrected chi connectivity index (χ4v) is 8.10. The number of phenols is 1. The number of aliphatic hydroxyl groups is 9. The van der Waals surface area contributed by atoms with Gasteiger partial charge in [0.1, 0.15) is 67.1 Å². The van der Waals surface area contributed by atoms with Crippen LogP contribution >= 0.6 is 0 Å². The van der Waals surface area contributed by atoms with Gasteiger partial charge in [-0.3, -0.25) is 14.4 Å². The van der Waals surface area contributed by atoms with Gasteiger partial charge in [-0.1, -0.05) is 25.7 Å². The Morgan fingerprint density at radius 2 is 1.40 bits per heavy atom. The zero-order valence-corrected chi connectivity index (χ0v) is 38.0. The maximum absolute atomic E-state index is 13.8. The number of nitrogens with one attached hydrogen (secondary N) is 2. The van der Waals surface area contributed by atoms with Crippen molar-refractivity contribution in [3.63, 3.8) is 0 Å². The lowest BCUT2D eigenvalue weighted by Crippen LogP contribution is -2.71. The molecule has 3 aliphatic heterocycles. The van der Waals surface area contributed by atoms with Crippen LogP contribution < -0.4 is 20.1 Å². The molecular formula is C42H66N2O24. The zero-order valence-electron chi connectivity index (χ0n) is 38.0. The molecule has 16 atom stereocenters. The summed E-state index contributed by atoms with van der Waals surface area (Å²) in [4.78, 5) is 50.2. The summed E-state index contributed by atoms with van der Waals surface area (Å²) in [6.07, 6.45) is -21.7. The van der Waals surface area contributed by atoms with Crippen molar-refractivity contribution in [2.45, 2.75) is 156 Å². The molecule has 3 saturated heterocycles. The molecule has 0 aromatic heterocycles. The predicted molar refractivity (Wildman–Crippen MR) is 225 cm³/mol. The van der Waals surface area contributed by atoms with Gasteiger partial charge in [0, 0.05) is 31.9 Å². The Morgan fingerprint density at radius 1 is 0.794 bits per heavy atom. The van der Waals surface area contributed by atoms with E-state index >= 15 is 0 Å². The Hall–Kier alpha value is -4.10. The van der Waals surface area contributed by atoms with Crippen molar-refractivity contribution in [3.05, 3.63) is 17.7 Å². The number of esters is 1. The number of benzene rings is 1. The SMILES string of the molecule is COC(=O)CCCCCCCCO[C@@H]1OC(CO)[C@H](OC2OC(CO)[C@@H](O)C(O[C@]3(C(=O)O)CC(O)[C@@H](NC(C)=O)C(C(O)C(O)CO)O3)C2O)C(O)C1NC(=O)c1cc(OC)c(O)c(OC)c1. The number of carboxylic acid groups (broad SMARTS) is 1. The molecular weight excluding hydrogens is 916 g/mol. The minimum absolute atomic E-state index is 0.0283. The summed E-state index contributed by atoms with van der Waals surface area (Å²) in [6.45, 7) is -1.93. The van der Waals surface area contributed by atoms with E-state index in [1.54, 1.807) is 0 Å². The highest BCUT2D eigenvalue weighted by molar-refractivity contribution is 5.96. The lowest BCUT2D eigenvalue weighted by molar-refractivity contribution is -0.382. The summed E-state index contributed by atoms with van der Waals surface area (Å²) in [7, 11) is 3.79. The van der Waals surface area contributed by atoms with Crippen LogP contribution in [0.5, 0.6) is 17.2 Å². The molecule has 3 fully saturated rings. The standard InChI is InChI=1S/C42H66N2O24/c1-19(48)43-28-21(49)15-42(41(58)59,67-36(28)30(52)22(50)16-45)68-37-32(54)25(17-46)64-40(34(37)56)66-35-26(18-47)65-39(63-12-10-8-6-5-7-9-11-27(51)62-4)29(33(35)55)44-38(57)20-13-23(60-2)31(53)24(14-20)61-3/h13-14,21-22,25-26,28-30,32-37,39-40,45-47,49-50,52-56H,5-12,15-18H2,1-4H3,(H,43,48)(H,44,57)(H,58,59)/t21?,22?,25?,26?,28-,29?,30?,32-,33?,34?,35+,36?,37?,39-,40?,42+/m1/s1. The fourth-order valence-electron chi connectivity index (χ4n) is 8.10. The molecule has 4 rings (SSSR count). The number of carbonyl (C=O) groups excluding carboxylic acids is 3. The maximum Gasteiger partial charge on any atom is 0.364 e. The Balaban J connectivity index is 1.61. The number of phenolic OH excluding ortho intramolecular Hbond substituents is 1. The van der Waals surface area contributed by atoms with Crippen molar-refractivity contribution in [2.24, 2.45) is 0 Å². The number of aromatic hydroxyl groups is 1. The van der Waals surface area contributed by atoms with E-state index in [4.69, 9.17) is 37.9 Å². The third-order valence-electron chi connectivity index (χ3n) is 11.8. The number of methoxy groups -OCH3 is 3. The van der Waals surface area contributed by atoms with Crippen LogP contribution in [0.15, 0.2) is 12.1 Å². The fraction of sp³-hybridized carbons (Fsp3) is 0.762. The van der Waals surface area contributed by atoms with Gasteiger partial charge in [-0.05, 0) is 25.0 Å². The Morgan fingerprint density at radius 3 is 1.96 bits per heavy atom. The molecule has 388 valence electrons. The number of aliphatic hydroxyl groups excluding tert-OH is 9. The molecule has 1 aromatic carbocycles. The largest absolute Gasteiger partial charge is 0.502 e. The van der Waals surface area contributed by atoms with Crippen LogP contribution in [0.1, 0.15) is 68.6 Å². The van der Waals surface area contributed by atoms with Crippen LogP contribution in [0.3, 0.4) is 0 Å². The number of ether oxygens (including phenoxy) is 9. The van der Waals surface area contributed by atoms with Gasteiger partial charge in [0.15, 0.2) is 24.1 Å². The van der Waals surface area contributed by atoms with Crippen LogP contribution in [-0.4, -0.2) is 225 Å². The first-order chi connectivity index (χ1) is 32.3. The molecule has 11 unspecified atom stereocenters. The van der Waals surface area contributed by atoms with Gasteiger partial charge in [-0.25, -0.2) is 4.79 Å². The molecule has 13 N–H and O–H groups in total. The second kappa shape index (κ2) is 26.2. The van der Waals surface area contributed by atoms with Crippen LogP contribution in [0.4, 0.5) is 0 Å². The summed E-state index contributed by atoms with van der Waals surface area (Å²) in [5, 5.41) is 123. The average Bonchev–Trinajstić information content (AvgIpc) is 3.31. The van der Waals surface area contributed by atoms with Crippen molar-refractivity contribution >= 4 is 23.8 Å². The van der Waals surface area contributed by atoms with E-state index in [-0.39, 0.29) is 29.6 Å². The second-order valence-corrected chi connectivity index (χ2v) is 16.5. The normalized spacial score (nSPS) is 32.6. The van der Waals surface area contributed by atoms with E-state index in [2.05, 4.69) is 15.4 Å². The molecule has 3 aliphatic rings. The highest BCUT2D eigenvalue weighted by Crippen LogP contribution is 2.40. The smallest absolute Gasteiger partial charge is 0.364 e. The molecule has 0 radical (unpaired) electrons. The molecule has 0 bridgehead atoms. The molecule has 3 heterocycles. The van der Waals surface area contributed by atoms with Crippen molar-refractivity contribution < 1.29 is 118 Å². The Kier molecular flexibility index (Phi) is 21.8. The van der Waals surface area contributed by atoms with E-state index in [1.165, 1.54) is 33.5 Å². The first kappa shape index (κ1) is 56.5. The third-order valence-corrected chi connectivity index (χ3v) is 11.8. The number of carbonyl (C=O) groups is 4. The van der Waals surface area contributed by atoms with E-state index in [0.717, 1.165) is 26.2 Å². The summed E-state index contributed by atoms with van der Waals surface area (Å²) in [6, 6.07) is -0.785. The van der Waals surface area contributed by atoms with Crippen LogP contribution in [-0.2, 0) is 47.5 Å². The summed E-state index contributed by atoms with van der Waals surface area (Å²) >= 11 is 0. The third kappa shape index (κ3) is 13.8. The monoisotopic (exact) mass is 982 g/mol. The average molecular weight is 983 g/mol. The number of hydrogen-bond acceptors (Lipinski definition) is 23. The summed E-state index contributed by atoms with van der Waals surface area (Å²) < 4.78 is 50.1. The number of amides is 2. The number of unbranched alkanes of at least 4 members (excludes halogenated alkanes) is 5. The van der Waals surface area contributed by atoms with Crippen LogP contribution in [0, 0.1) is 0 Å². The maximum atomic E-state index is 13.8. The second-order valence-electron chi connectivity index (χ2n) is 16.5. The van der Waals surface area contributed by atoms with Gasteiger partial charge in [0.05, 0.1) is 53.3 Å². The zero-order chi connectivity index (χ0) is 50.5. The molecule has 0 aliphatic carbocycles. The Labute approximate surface area is 390 Å². The number of carboxylic acids is 1. The van der Waals surface area contributed by atoms with Gasteiger partial charge < -0.3 is 109 Å².